The summed E-state index contributed by atoms with van der Waals surface area (Å²) in [6, 6.07) is 9.13. The molecule has 0 radical (unpaired) electrons. The van der Waals surface area contributed by atoms with Gasteiger partial charge in [-0.25, -0.2) is 0 Å². The maximum atomic E-state index is 5.63. The summed E-state index contributed by atoms with van der Waals surface area (Å²) in [6.07, 6.45) is 0. The fourth-order valence-electron chi connectivity index (χ4n) is 1.57. The Morgan fingerprint density at radius 2 is 1.86 bits per heavy atom. The van der Waals surface area contributed by atoms with E-state index in [1.54, 1.807) is 12.1 Å². The number of hydrogen-bond acceptors (Lipinski definition) is 5. The first-order valence-corrected chi connectivity index (χ1v) is 8.15. The van der Waals surface area contributed by atoms with E-state index < -0.39 is 0 Å². The van der Waals surface area contributed by atoms with Crippen molar-refractivity contribution >= 4 is 47.8 Å². The third-order valence-corrected chi connectivity index (χ3v) is 4.04. The van der Waals surface area contributed by atoms with Gasteiger partial charge >= 0.3 is 0 Å². The molecule has 0 N–H and O–H groups in total. The molecule has 0 atom stereocenters. The summed E-state index contributed by atoms with van der Waals surface area (Å²) >= 11 is 10.0. The SMILES string of the molecule is Brc1ccc(OCc2nnc(-c3ccc(Br)o3)o2)c(Br)c1. The third-order valence-electron chi connectivity index (χ3n) is 2.50. The lowest BCUT2D eigenvalue weighted by Gasteiger charge is -2.05. The van der Waals surface area contributed by atoms with Crippen LogP contribution in [-0.4, -0.2) is 10.2 Å². The average Bonchev–Trinajstić information content (AvgIpc) is 3.06. The number of aromatic nitrogens is 2. The van der Waals surface area contributed by atoms with Crippen LogP contribution in [0.25, 0.3) is 11.7 Å². The fourth-order valence-corrected chi connectivity index (χ4v) is 3.04. The van der Waals surface area contributed by atoms with Crippen molar-refractivity contribution in [3.8, 4) is 17.4 Å². The number of furan rings is 1. The van der Waals surface area contributed by atoms with E-state index in [9.17, 15) is 0 Å². The predicted molar refractivity (Wildman–Crippen MR) is 85.9 cm³/mol. The van der Waals surface area contributed by atoms with Crippen LogP contribution in [0.1, 0.15) is 5.89 Å². The van der Waals surface area contributed by atoms with Crippen molar-refractivity contribution in [2.45, 2.75) is 6.61 Å². The van der Waals surface area contributed by atoms with Gasteiger partial charge in [0.25, 0.3) is 11.8 Å². The van der Waals surface area contributed by atoms with Crippen LogP contribution in [-0.2, 0) is 6.61 Å². The van der Waals surface area contributed by atoms with E-state index in [0.717, 1.165) is 8.95 Å². The van der Waals surface area contributed by atoms with Crippen molar-refractivity contribution in [2.24, 2.45) is 0 Å². The molecule has 8 heteroatoms. The molecule has 2 heterocycles. The molecule has 2 aromatic heterocycles. The van der Waals surface area contributed by atoms with Crippen LogP contribution in [0.15, 0.2) is 52.8 Å². The van der Waals surface area contributed by atoms with Gasteiger partial charge in [0, 0.05) is 4.47 Å². The van der Waals surface area contributed by atoms with Crippen molar-refractivity contribution in [3.63, 3.8) is 0 Å². The summed E-state index contributed by atoms with van der Waals surface area (Å²) in [5.74, 6) is 1.88. The average molecular weight is 479 g/mol. The summed E-state index contributed by atoms with van der Waals surface area (Å²) in [6.45, 7) is 0.176. The maximum absolute atomic E-state index is 5.63. The van der Waals surface area contributed by atoms with Crippen LogP contribution < -0.4 is 4.74 Å². The lowest BCUT2D eigenvalue weighted by atomic mass is 10.3. The zero-order valence-corrected chi connectivity index (χ0v) is 15.1. The van der Waals surface area contributed by atoms with E-state index in [4.69, 9.17) is 13.6 Å². The normalized spacial score (nSPS) is 10.8. The Balaban J connectivity index is 1.70. The van der Waals surface area contributed by atoms with Gasteiger partial charge in [0.1, 0.15) is 5.75 Å². The second kappa shape index (κ2) is 6.33. The molecule has 5 nitrogen and oxygen atoms in total. The van der Waals surface area contributed by atoms with E-state index in [-0.39, 0.29) is 6.61 Å². The van der Waals surface area contributed by atoms with E-state index in [1.807, 2.05) is 18.2 Å². The zero-order valence-electron chi connectivity index (χ0n) is 10.3. The van der Waals surface area contributed by atoms with E-state index >= 15 is 0 Å². The Morgan fingerprint density at radius 1 is 1.00 bits per heavy atom. The van der Waals surface area contributed by atoms with Gasteiger partial charge in [-0.05, 0) is 62.2 Å². The van der Waals surface area contributed by atoms with Crippen LogP contribution >= 0.6 is 47.8 Å². The Morgan fingerprint density at radius 3 is 2.57 bits per heavy atom. The van der Waals surface area contributed by atoms with Gasteiger partial charge in [0.05, 0.1) is 4.47 Å². The lowest BCUT2D eigenvalue weighted by Crippen LogP contribution is -1.96. The van der Waals surface area contributed by atoms with Crippen molar-refractivity contribution in [2.75, 3.05) is 0 Å². The number of benzene rings is 1. The molecule has 0 spiro atoms. The number of hydrogen-bond donors (Lipinski definition) is 0. The first-order chi connectivity index (χ1) is 10.1. The molecule has 0 aliphatic carbocycles. The van der Waals surface area contributed by atoms with Crippen molar-refractivity contribution < 1.29 is 13.6 Å². The number of halogens is 3. The summed E-state index contributed by atoms with van der Waals surface area (Å²) < 4.78 is 18.9. The van der Waals surface area contributed by atoms with Crippen LogP contribution in [0.2, 0.25) is 0 Å². The molecule has 0 bridgehead atoms. The smallest absolute Gasteiger partial charge is 0.283 e. The highest BCUT2D eigenvalue weighted by Crippen LogP contribution is 2.29. The predicted octanol–water partition coefficient (Wildman–Crippen LogP) is 5.20. The maximum Gasteiger partial charge on any atom is 0.283 e. The monoisotopic (exact) mass is 476 g/mol. The second-order valence-electron chi connectivity index (χ2n) is 3.97. The zero-order chi connectivity index (χ0) is 14.8. The quantitative estimate of drug-likeness (QED) is 0.516. The third kappa shape index (κ3) is 3.56. The summed E-state index contributed by atoms with van der Waals surface area (Å²) in [5, 5.41) is 7.84. The molecule has 0 unspecified atom stereocenters. The molecule has 21 heavy (non-hydrogen) atoms. The molecule has 0 saturated heterocycles. The Labute approximate surface area is 145 Å². The van der Waals surface area contributed by atoms with Crippen LogP contribution in [0.3, 0.4) is 0 Å². The molecule has 0 saturated carbocycles. The minimum atomic E-state index is 0.176. The van der Waals surface area contributed by atoms with Gasteiger partial charge in [-0.1, -0.05) is 15.9 Å². The van der Waals surface area contributed by atoms with Crippen LogP contribution in [0.4, 0.5) is 0 Å². The summed E-state index contributed by atoms with van der Waals surface area (Å²) in [4.78, 5) is 0. The molecule has 3 rings (SSSR count). The van der Waals surface area contributed by atoms with Crippen molar-refractivity contribution in [1.82, 2.24) is 10.2 Å². The fraction of sp³-hybridized carbons (Fsp3) is 0.0769. The van der Waals surface area contributed by atoms with Crippen molar-refractivity contribution in [3.05, 3.63) is 49.8 Å². The second-order valence-corrected chi connectivity index (χ2v) is 6.52. The Bertz CT molecular complexity index is 770. The molecular formula is C13H7Br3N2O3. The van der Waals surface area contributed by atoms with Gasteiger partial charge in [-0.3, -0.25) is 0 Å². The molecule has 3 aromatic rings. The van der Waals surface area contributed by atoms with Crippen LogP contribution in [0.5, 0.6) is 5.75 Å². The molecule has 108 valence electrons. The molecule has 0 aliphatic rings. The largest absolute Gasteiger partial charge is 0.483 e. The number of rotatable bonds is 4. The minimum Gasteiger partial charge on any atom is -0.483 e. The minimum absolute atomic E-state index is 0.176. The standard InChI is InChI=1S/C13H7Br3N2O3/c14-7-1-2-9(8(15)5-7)19-6-12-17-18-13(21-12)10-3-4-11(16)20-10/h1-5H,6H2. The van der Waals surface area contributed by atoms with Gasteiger partial charge in [0.2, 0.25) is 0 Å². The summed E-state index contributed by atoms with van der Waals surface area (Å²) in [5.41, 5.74) is 0. The molecule has 0 aliphatic heterocycles. The van der Waals surface area contributed by atoms with Gasteiger partial charge < -0.3 is 13.6 Å². The molecule has 1 aromatic carbocycles. The number of ether oxygens (including phenoxy) is 1. The Hall–Kier alpha value is -1.12. The van der Waals surface area contributed by atoms with E-state index in [0.29, 0.717) is 28.0 Å². The van der Waals surface area contributed by atoms with Crippen LogP contribution in [0, 0.1) is 0 Å². The van der Waals surface area contributed by atoms with Gasteiger partial charge in [-0.15, -0.1) is 10.2 Å². The van der Waals surface area contributed by atoms with E-state index in [1.165, 1.54) is 0 Å². The highest BCUT2D eigenvalue weighted by atomic mass is 79.9. The summed E-state index contributed by atoms with van der Waals surface area (Å²) in [7, 11) is 0. The topological polar surface area (TPSA) is 61.3 Å². The molecule has 0 amide bonds. The van der Waals surface area contributed by atoms with Crippen molar-refractivity contribution in [1.29, 1.82) is 0 Å². The van der Waals surface area contributed by atoms with Gasteiger partial charge in [-0.2, -0.15) is 0 Å². The van der Waals surface area contributed by atoms with E-state index in [2.05, 4.69) is 58.0 Å². The first kappa shape index (κ1) is 14.8. The Kier molecular flexibility index (Phi) is 4.46. The highest BCUT2D eigenvalue weighted by Gasteiger charge is 2.13. The number of nitrogens with zero attached hydrogens (tertiary/aromatic N) is 2. The lowest BCUT2D eigenvalue weighted by molar-refractivity contribution is 0.262. The van der Waals surface area contributed by atoms with Gasteiger partial charge in [0.15, 0.2) is 17.0 Å². The first-order valence-electron chi connectivity index (χ1n) is 5.78. The molecular weight excluding hydrogens is 472 g/mol. The highest BCUT2D eigenvalue weighted by molar-refractivity contribution is 9.11. The molecule has 0 fully saturated rings.